The lowest BCUT2D eigenvalue weighted by atomic mass is 9.67. The first-order valence-corrected chi connectivity index (χ1v) is 15.0. The number of rotatable bonds is 9. The molecule has 2 unspecified atom stereocenters. The Balaban J connectivity index is 0.000000591. The topological polar surface area (TPSA) is 56.8 Å². The number of benzene rings is 1. The van der Waals surface area contributed by atoms with E-state index in [0.717, 1.165) is 49.3 Å². The van der Waals surface area contributed by atoms with Crippen LogP contribution in [-0.4, -0.2) is 25.0 Å². The van der Waals surface area contributed by atoms with Crippen LogP contribution in [0.2, 0.25) is 0 Å². The molecule has 0 bridgehead atoms. The van der Waals surface area contributed by atoms with Crippen molar-refractivity contribution >= 4 is 20.6 Å². The summed E-state index contributed by atoms with van der Waals surface area (Å²) in [6.07, 6.45) is 11.6. The van der Waals surface area contributed by atoms with E-state index < -0.39 is 5.91 Å². The molecule has 2 aliphatic rings. The van der Waals surface area contributed by atoms with E-state index >= 15 is 0 Å². The first-order valence-electron chi connectivity index (χ1n) is 14.3. The van der Waals surface area contributed by atoms with Crippen molar-refractivity contribution in [2.75, 3.05) is 13.2 Å². The van der Waals surface area contributed by atoms with Crippen LogP contribution in [0.25, 0.3) is 0 Å². The molecule has 1 aliphatic heterocycles. The van der Waals surface area contributed by atoms with Gasteiger partial charge in [-0.25, -0.2) is 4.39 Å². The average Bonchev–Trinajstić information content (AvgIpc) is 2.86. The number of nitrogens with two attached hydrogens (primary N) is 1. The molecule has 1 aliphatic carbocycles. The Morgan fingerprint density at radius 2 is 1.73 bits per heavy atom. The Morgan fingerprint density at radius 1 is 1.14 bits per heavy atom. The quantitative estimate of drug-likeness (QED) is 0.195. The number of aliphatic imine (C=N–C) groups is 1. The summed E-state index contributed by atoms with van der Waals surface area (Å²) in [5.74, 6) is 1.23. The summed E-state index contributed by atoms with van der Waals surface area (Å²) in [7, 11) is 2.16. The fourth-order valence-corrected chi connectivity index (χ4v) is 5.51. The van der Waals surface area contributed by atoms with Gasteiger partial charge >= 0.3 is 0 Å². The number of halogens is 1. The summed E-state index contributed by atoms with van der Waals surface area (Å²) < 4.78 is 24.6. The predicted octanol–water partition coefficient (Wildman–Crippen LogP) is 8.89. The van der Waals surface area contributed by atoms with Gasteiger partial charge in [-0.15, -0.1) is 0 Å². The molecule has 2 atom stereocenters. The zero-order valence-corrected chi connectivity index (χ0v) is 25.3. The monoisotopic (exact) mass is 534 g/mol. The van der Waals surface area contributed by atoms with Crippen LogP contribution >= 0.6 is 9.24 Å². The van der Waals surface area contributed by atoms with E-state index in [0.29, 0.717) is 16.9 Å². The molecular formula is C31H52FN2O2P. The molecule has 1 saturated carbocycles. The molecule has 4 nitrogen and oxygen atoms in total. The number of hydrogen-bond donors (Lipinski definition) is 1. The van der Waals surface area contributed by atoms with Crippen LogP contribution in [-0.2, 0) is 9.47 Å². The Morgan fingerprint density at radius 3 is 2.16 bits per heavy atom. The fourth-order valence-electron chi connectivity index (χ4n) is 5.29. The van der Waals surface area contributed by atoms with E-state index in [-0.39, 0.29) is 12.0 Å². The van der Waals surface area contributed by atoms with E-state index in [2.05, 4.69) is 50.8 Å². The lowest BCUT2D eigenvalue weighted by Crippen LogP contribution is -2.32. The third-order valence-corrected chi connectivity index (χ3v) is 8.13. The summed E-state index contributed by atoms with van der Waals surface area (Å²) in [6, 6.07) is 7.19. The van der Waals surface area contributed by atoms with Gasteiger partial charge in [-0.2, -0.15) is 0 Å². The Hall–Kier alpha value is -1.45. The summed E-state index contributed by atoms with van der Waals surface area (Å²) in [6.45, 7) is 15.4. The van der Waals surface area contributed by atoms with Crippen LogP contribution in [0.5, 0.6) is 0 Å². The number of hydrogen-bond acceptors (Lipinski definition) is 4. The minimum absolute atomic E-state index is 0.185. The Kier molecular flexibility index (Phi) is 13.6. The molecular weight excluding hydrogens is 482 g/mol. The summed E-state index contributed by atoms with van der Waals surface area (Å²) in [5, 5.41) is 0. The summed E-state index contributed by atoms with van der Waals surface area (Å²) in [5.41, 5.74) is 9.00. The standard InChI is InChI=1S/C25H40FN2OP.C6H12O/c1-6-25(16-17(2)3)13-11-21(12-14-25)29-23(27)15-22(18(4)5)28-20-9-7-19(8-10-20)24(26)30;1-6-2-4-7-5-3-6/h7-10,15,17-18,21,24H,6,11-14,16,27,30H2,1-5H3;6H,2-5H2,1H3/b23-15+,28-22?;. The highest BCUT2D eigenvalue weighted by Gasteiger charge is 2.35. The normalized spacial score (nSPS) is 24.5. The minimum Gasteiger partial charge on any atom is -0.476 e. The van der Waals surface area contributed by atoms with Crippen LogP contribution in [0.3, 0.4) is 0 Å². The molecule has 1 aromatic rings. The minimum atomic E-state index is -1.06. The van der Waals surface area contributed by atoms with Crippen LogP contribution in [0.15, 0.2) is 41.2 Å². The third kappa shape index (κ3) is 11.4. The SMILES string of the molecule is CC1CCOCC1.CCC1(CC(C)C)CCC(O/C(N)=C/C(=Nc2ccc(C(F)P)cc2)C(C)C)CC1. The third-order valence-electron chi connectivity index (χ3n) is 7.75. The maximum absolute atomic E-state index is 13.4. The molecule has 3 rings (SSSR count). The molecule has 2 fully saturated rings. The van der Waals surface area contributed by atoms with E-state index in [1.165, 1.54) is 38.5 Å². The molecule has 6 heteroatoms. The van der Waals surface area contributed by atoms with Crippen molar-refractivity contribution in [1.29, 1.82) is 0 Å². The smallest absolute Gasteiger partial charge is 0.186 e. The van der Waals surface area contributed by atoms with Crippen molar-refractivity contribution in [3.63, 3.8) is 0 Å². The molecule has 210 valence electrons. The summed E-state index contributed by atoms with van der Waals surface area (Å²) in [4.78, 5) is 4.71. The average molecular weight is 535 g/mol. The first-order chi connectivity index (χ1) is 17.5. The van der Waals surface area contributed by atoms with Crippen molar-refractivity contribution < 1.29 is 13.9 Å². The van der Waals surface area contributed by atoms with Gasteiger partial charge in [0.25, 0.3) is 0 Å². The van der Waals surface area contributed by atoms with E-state index in [4.69, 9.17) is 20.2 Å². The van der Waals surface area contributed by atoms with Gasteiger partial charge in [0.1, 0.15) is 12.0 Å². The van der Waals surface area contributed by atoms with Crippen molar-refractivity contribution in [3.8, 4) is 0 Å². The van der Waals surface area contributed by atoms with Crippen molar-refractivity contribution in [1.82, 2.24) is 0 Å². The van der Waals surface area contributed by atoms with Crippen molar-refractivity contribution in [2.24, 2.45) is 33.9 Å². The van der Waals surface area contributed by atoms with Gasteiger partial charge in [0.15, 0.2) is 5.88 Å². The molecule has 2 N–H and O–H groups in total. The highest BCUT2D eigenvalue weighted by molar-refractivity contribution is 7.16. The number of ether oxygens (including phenoxy) is 2. The van der Waals surface area contributed by atoms with E-state index in [9.17, 15) is 4.39 Å². The first kappa shape index (κ1) is 31.8. The largest absolute Gasteiger partial charge is 0.476 e. The lowest BCUT2D eigenvalue weighted by molar-refractivity contribution is 0.0233. The van der Waals surface area contributed by atoms with Gasteiger partial charge in [-0.05, 0) is 85.8 Å². The Bertz CT molecular complexity index is 837. The molecule has 1 aromatic carbocycles. The second kappa shape index (κ2) is 15.8. The highest BCUT2D eigenvalue weighted by atomic mass is 31.0. The molecule has 0 amide bonds. The zero-order valence-electron chi connectivity index (χ0n) is 24.1. The molecule has 0 radical (unpaired) electrons. The number of alkyl halides is 1. The van der Waals surface area contributed by atoms with Crippen molar-refractivity contribution in [3.05, 3.63) is 41.8 Å². The van der Waals surface area contributed by atoms with Crippen LogP contribution in [0.1, 0.15) is 104 Å². The molecule has 0 spiro atoms. The van der Waals surface area contributed by atoms with E-state index in [1.54, 1.807) is 12.1 Å². The molecule has 1 heterocycles. The molecule has 0 aromatic heterocycles. The van der Waals surface area contributed by atoms with Gasteiger partial charge in [0.05, 0.1) is 5.69 Å². The number of nitrogens with zero attached hydrogens (tertiary/aromatic N) is 1. The highest BCUT2D eigenvalue weighted by Crippen LogP contribution is 2.45. The Labute approximate surface area is 228 Å². The molecule has 1 saturated heterocycles. The second-order valence-electron chi connectivity index (χ2n) is 11.8. The van der Waals surface area contributed by atoms with E-state index in [1.807, 2.05) is 18.2 Å². The van der Waals surface area contributed by atoms with Crippen LogP contribution < -0.4 is 5.73 Å². The van der Waals surface area contributed by atoms with Gasteiger partial charge < -0.3 is 15.2 Å². The van der Waals surface area contributed by atoms with Crippen LogP contribution in [0, 0.1) is 23.2 Å². The molecule has 37 heavy (non-hydrogen) atoms. The fraction of sp³-hybridized carbons (Fsp3) is 0.710. The number of allylic oxidation sites excluding steroid dienone is 1. The van der Waals surface area contributed by atoms with Crippen LogP contribution in [0.4, 0.5) is 10.1 Å². The maximum Gasteiger partial charge on any atom is 0.186 e. The van der Waals surface area contributed by atoms with Gasteiger partial charge in [0, 0.05) is 25.0 Å². The predicted molar refractivity (Wildman–Crippen MR) is 159 cm³/mol. The van der Waals surface area contributed by atoms with Crippen molar-refractivity contribution in [2.45, 2.75) is 105 Å². The lowest BCUT2D eigenvalue weighted by Gasteiger charge is -2.41. The maximum atomic E-state index is 13.4. The summed E-state index contributed by atoms with van der Waals surface area (Å²) >= 11 is 0. The zero-order chi connectivity index (χ0) is 27.4. The second-order valence-corrected chi connectivity index (χ2v) is 12.4. The van der Waals surface area contributed by atoms with Gasteiger partial charge in [-0.3, -0.25) is 4.99 Å². The van der Waals surface area contributed by atoms with Gasteiger partial charge in [0.2, 0.25) is 0 Å². The van der Waals surface area contributed by atoms with Gasteiger partial charge in [-0.1, -0.05) is 69.3 Å².